The van der Waals surface area contributed by atoms with E-state index < -0.39 is 6.17 Å². The van der Waals surface area contributed by atoms with Crippen LogP contribution in [0.4, 0.5) is 11.5 Å². The molecule has 0 radical (unpaired) electrons. The Balaban J connectivity index is 1.49. The van der Waals surface area contributed by atoms with E-state index in [4.69, 9.17) is 23.2 Å². The number of aldehydes is 1. The zero-order valence-corrected chi connectivity index (χ0v) is 17.4. The lowest BCUT2D eigenvalue weighted by Crippen LogP contribution is -2.53. The Morgan fingerprint density at radius 1 is 1.28 bits per heavy atom. The van der Waals surface area contributed by atoms with Crippen LogP contribution in [0.3, 0.4) is 0 Å². The number of anilines is 2. The van der Waals surface area contributed by atoms with Crippen molar-refractivity contribution in [2.75, 3.05) is 23.7 Å². The van der Waals surface area contributed by atoms with E-state index in [0.29, 0.717) is 28.2 Å². The average molecular weight is 433 g/mol. The van der Waals surface area contributed by atoms with Gasteiger partial charge in [-0.1, -0.05) is 30.1 Å². The van der Waals surface area contributed by atoms with Crippen LogP contribution in [0, 0.1) is 5.92 Å². The summed E-state index contributed by atoms with van der Waals surface area (Å²) in [6, 6.07) is 7.28. The molecule has 29 heavy (non-hydrogen) atoms. The van der Waals surface area contributed by atoms with Crippen molar-refractivity contribution < 1.29 is 4.79 Å². The molecular formula is C20H22Cl2N6O. The van der Waals surface area contributed by atoms with Crippen LogP contribution in [0.1, 0.15) is 13.3 Å². The fourth-order valence-corrected chi connectivity index (χ4v) is 4.24. The van der Waals surface area contributed by atoms with E-state index in [1.54, 1.807) is 24.5 Å². The standard InChI is InChI=1S/C20H22Cl2N6O/c1-12-3-5-28(18(10-29)26-15-7-13(21)6-14(22)8-15)9-17(12)27-20-16-2-4-23-19(16)24-11-25-20/h2,4,6-8,10-12,17-18,26H,3,5,9H2,1H3,(H2,23,24,25,27). The summed E-state index contributed by atoms with van der Waals surface area (Å²) < 4.78 is 0. The number of H-pyrrole nitrogens is 1. The number of piperidine rings is 1. The predicted octanol–water partition coefficient (Wildman–Crippen LogP) is 4.02. The van der Waals surface area contributed by atoms with E-state index in [1.807, 2.05) is 12.3 Å². The maximum Gasteiger partial charge on any atom is 0.157 e. The van der Waals surface area contributed by atoms with Crippen LogP contribution in [0.15, 0.2) is 36.8 Å². The van der Waals surface area contributed by atoms with Gasteiger partial charge in [-0.05, 0) is 36.6 Å². The summed E-state index contributed by atoms with van der Waals surface area (Å²) in [5.41, 5.74) is 1.51. The monoisotopic (exact) mass is 432 g/mol. The molecule has 9 heteroatoms. The molecule has 0 aliphatic carbocycles. The second kappa shape index (κ2) is 8.57. The van der Waals surface area contributed by atoms with Crippen molar-refractivity contribution in [3.8, 4) is 0 Å². The van der Waals surface area contributed by atoms with Crippen molar-refractivity contribution in [1.82, 2.24) is 19.9 Å². The van der Waals surface area contributed by atoms with Gasteiger partial charge in [-0.2, -0.15) is 0 Å². The second-order valence-corrected chi connectivity index (χ2v) is 8.23. The van der Waals surface area contributed by atoms with Gasteiger partial charge in [-0.25, -0.2) is 9.97 Å². The van der Waals surface area contributed by atoms with Crippen molar-refractivity contribution in [1.29, 1.82) is 0 Å². The van der Waals surface area contributed by atoms with Gasteiger partial charge in [-0.15, -0.1) is 0 Å². The highest BCUT2D eigenvalue weighted by molar-refractivity contribution is 6.35. The first-order valence-corrected chi connectivity index (χ1v) is 10.3. The van der Waals surface area contributed by atoms with Crippen LogP contribution < -0.4 is 10.6 Å². The molecule has 0 spiro atoms. The third kappa shape index (κ3) is 4.47. The number of halogens is 2. The number of nitrogens with one attached hydrogen (secondary N) is 3. The summed E-state index contributed by atoms with van der Waals surface area (Å²) in [6.45, 7) is 3.72. The number of carbonyl (C=O) groups excluding carboxylic acids is 1. The molecule has 1 aliphatic rings. The van der Waals surface area contributed by atoms with E-state index >= 15 is 0 Å². The maximum atomic E-state index is 11.8. The molecule has 1 saturated heterocycles. The molecule has 7 nitrogen and oxygen atoms in total. The van der Waals surface area contributed by atoms with Crippen molar-refractivity contribution in [2.45, 2.75) is 25.6 Å². The molecule has 0 amide bonds. The minimum Gasteiger partial charge on any atom is -0.365 e. The number of aromatic amines is 1. The van der Waals surface area contributed by atoms with Crippen molar-refractivity contribution in [3.05, 3.63) is 46.8 Å². The number of nitrogens with zero attached hydrogens (tertiary/aromatic N) is 3. The molecule has 1 aliphatic heterocycles. The summed E-state index contributed by atoms with van der Waals surface area (Å²) >= 11 is 12.2. The number of likely N-dealkylation sites (tertiary alicyclic amines) is 1. The molecule has 152 valence electrons. The number of aromatic nitrogens is 3. The van der Waals surface area contributed by atoms with Gasteiger partial charge in [0.15, 0.2) is 6.29 Å². The van der Waals surface area contributed by atoms with Crippen LogP contribution in [0.2, 0.25) is 10.0 Å². The van der Waals surface area contributed by atoms with E-state index in [-0.39, 0.29) is 6.04 Å². The molecule has 1 aromatic carbocycles. The Labute approximate surface area is 178 Å². The third-order valence-electron chi connectivity index (χ3n) is 5.37. The number of hydrogen-bond acceptors (Lipinski definition) is 6. The largest absolute Gasteiger partial charge is 0.365 e. The topological polar surface area (TPSA) is 85.9 Å². The Morgan fingerprint density at radius 3 is 2.83 bits per heavy atom. The highest BCUT2D eigenvalue weighted by Gasteiger charge is 2.31. The molecule has 3 aromatic rings. The lowest BCUT2D eigenvalue weighted by molar-refractivity contribution is -0.112. The lowest BCUT2D eigenvalue weighted by Gasteiger charge is -2.40. The molecule has 3 heterocycles. The Bertz CT molecular complexity index is 989. The highest BCUT2D eigenvalue weighted by atomic mass is 35.5. The summed E-state index contributed by atoms with van der Waals surface area (Å²) in [5, 5.41) is 8.79. The third-order valence-corrected chi connectivity index (χ3v) is 5.80. The number of carbonyl (C=O) groups is 1. The van der Waals surface area contributed by atoms with E-state index in [1.165, 1.54) is 0 Å². The predicted molar refractivity (Wildman–Crippen MR) is 117 cm³/mol. The van der Waals surface area contributed by atoms with E-state index in [9.17, 15) is 4.79 Å². The molecule has 0 saturated carbocycles. The smallest absolute Gasteiger partial charge is 0.157 e. The Kier molecular flexibility index (Phi) is 5.89. The van der Waals surface area contributed by atoms with E-state index in [2.05, 4.69) is 37.4 Å². The summed E-state index contributed by atoms with van der Waals surface area (Å²) in [6.07, 6.45) is 4.80. The zero-order valence-electron chi connectivity index (χ0n) is 15.9. The van der Waals surface area contributed by atoms with Gasteiger partial charge >= 0.3 is 0 Å². The fourth-order valence-electron chi connectivity index (χ4n) is 3.72. The van der Waals surface area contributed by atoms with Crippen LogP contribution in [-0.4, -0.2) is 51.4 Å². The van der Waals surface area contributed by atoms with Crippen molar-refractivity contribution >= 4 is 52.0 Å². The van der Waals surface area contributed by atoms with Gasteiger partial charge in [-0.3, -0.25) is 9.69 Å². The normalized spacial score (nSPS) is 21.1. The van der Waals surface area contributed by atoms with Crippen LogP contribution in [0.25, 0.3) is 11.0 Å². The molecule has 2 aromatic heterocycles. The summed E-state index contributed by atoms with van der Waals surface area (Å²) in [4.78, 5) is 25.7. The van der Waals surface area contributed by atoms with Gasteiger partial charge in [0.05, 0.1) is 5.39 Å². The van der Waals surface area contributed by atoms with Crippen molar-refractivity contribution in [2.24, 2.45) is 5.92 Å². The molecular weight excluding hydrogens is 411 g/mol. The van der Waals surface area contributed by atoms with Gasteiger partial charge in [0.1, 0.15) is 24.0 Å². The molecule has 0 bridgehead atoms. The number of benzene rings is 1. The molecule has 1 fully saturated rings. The number of fused-ring (bicyclic) bond motifs is 1. The SMILES string of the molecule is CC1CCN(C(C=O)Nc2cc(Cl)cc(Cl)c2)CC1Nc1ncnc2[nH]ccc12. The van der Waals surface area contributed by atoms with E-state index in [0.717, 1.165) is 36.1 Å². The van der Waals surface area contributed by atoms with Gasteiger partial charge in [0.2, 0.25) is 0 Å². The second-order valence-electron chi connectivity index (χ2n) is 7.36. The summed E-state index contributed by atoms with van der Waals surface area (Å²) in [7, 11) is 0. The first kappa shape index (κ1) is 19.9. The minimum atomic E-state index is -0.473. The molecule has 3 N–H and O–H groups in total. The van der Waals surface area contributed by atoms with Gasteiger partial charge in [0.25, 0.3) is 0 Å². The number of rotatable bonds is 6. The Hall–Kier alpha value is -2.35. The molecule has 3 atom stereocenters. The molecule has 3 unspecified atom stereocenters. The lowest BCUT2D eigenvalue weighted by atomic mass is 9.93. The van der Waals surface area contributed by atoms with Crippen molar-refractivity contribution in [3.63, 3.8) is 0 Å². The first-order valence-electron chi connectivity index (χ1n) is 9.50. The van der Waals surface area contributed by atoms with Crippen LogP contribution >= 0.6 is 23.2 Å². The average Bonchev–Trinajstić information content (AvgIpc) is 3.17. The maximum absolute atomic E-state index is 11.8. The van der Waals surface area contributed by atoms with Crippen LogP contribution in [0.5, 0.6) is 0 Å². The minimum absolute atomic E-state index is 0.143. The number of hydrogen-bond donors (Lipinski definition) is 3. The van der Waals surface area contributed by atoms with Crippen LogP contribution in [-0.2, 0) is 4.79 Å². The van der Waals surface area contributed by atoms with Gasteiger partial charge < -0.3 is 15.6 Å². The molecule has 4 rings (SSSR count). The quantitative estimate of drug-likeness (QED) is 0.509. The highest BCUT2D eigenvalue weighted by Crippen LogP contribution is 2.27. The first-order chi connectivity index (χ1) is 14.0. The zero-order chi connectivity index (χ0) is 20.4. The van der Waals surface area contributed by atoms with Gasteiger partial charge in [0, 0.05) is 41.1 Å². The fraction of sp³-hybridized carbons (Fsp3) is 0.350. The Morgan fingerprint density at radius 2 is 2.07 bits per heavy atom. The summed E-state index contributed by atoms with van der Waals surface area (Å²) in [5.74, 6) is 1.23.